The molecule has 3 aromatic rings. The second-order valence-corrected chi connectivity index (χ2v) is 5.72. The van der Waals surface area contributed by atoms with Crippen molar-refractivity contribution in [3.8, 4) is 0 Å². The molecule has 116 valence electrons. The van der Waals surface area contributed by atoms with Crippen LogP contribution < -0.4 is 0 Å². The van der Waals surface area contributed by atoms with Crippen molar-refractivity contribution in [3.63, 3.8) is 0 Å². The fourth-order valence-corrected chi connectivity index (χ4v) is 2.72. The Bertz CT molecular complexity index is 931. The van der Waals surface area contributed by atoms with Crippen molar-refractivity contribution in [2.75, 3.05) is 0 Å². The van der Waals surface area contributed by atoms with Crippen LogP contribution in [0.5, 0.6) is 0 Å². The number of fused-ring (bicyclic) bond motifs is 1. The van der Waals surface area contributed by atoms with Crippen LogP contribution >= 0.6 is 11.6 Å². The van der Waals surface area contributed by atoms with Crippen LogP contribution in [0, 0.1) is 6.92 Å². The molecule has 1 aromatic carbocycles. The molecule has 0 atom stereocenters. The fraction of sp³-hybridized carbons (Fsp3) is 0.118. The van der Waals surface area contributed by atoms with Crippen LogP contribution in [0.1, 0.15) is 27.3 Å². The highest BCUT2D eigenvalue weighted by Gasteiger charge is 2.22. The van der Waals surface area contributed by atoms with Crippen LogP contribution in [0.15, 0.2) is 36.5 Å². The van der Waals surface area contributed by atoms with E-state index in [4.69, 9.17) is 16.7 Å². The maximum Gasteiger partial charge on any atom is 0.307 e. The second kappa shape index (κ2) is 5.85. The number of nitrogens with zero attached hydrogens (tertiary/aromatic N) is 1. The third-order valence-corrected chi connectivity index (χ3v) is 3.81. The number of rotatable bonds is 4. The number of aromatic nitrogens is 2. The van der Waals surface area contributed by atoms with Crippen molar-refractivity contribution in [3.05, 3.63) is 64.1 Å². The van der Waals surface area contributed by atoms with Gasteiger partial charge in [-0.2, -0.15) is 0 Å². The minimum atomic E-state index is -1.01. The largest absolute Gasteiger partial charge is 0.481 e. The van der Waals surface area contributed by atoms with Crippen molar-refractivity contribution in [2.45, 2.75) is 13.3 Å². The van der Waals surface area contributed by atoms with Gasteiger partial charge in [0.2, 0.25) is 5.78 Å². The average molecular weight is 329 g/mol. The molecule has 0 aliphatic rings. The summed E-state index contributed by atoms with van der Waals surface area (Å²) in [6, 6.07) is 8.52. The number of pyridine rings is 1. The van der Waals surface area contributed by atoms with Gasteiger partial charge in [-0.1, -0.05) is 17.7 Å². The zero-order chi connectivity index (χ0) is 16.6. The molecule has 3 rings (SSSR count). The normalized spacial score (nSPS) is 10.9. The van der Waals surface area contributed by atoms with E-state index in [0.717, 1.165) is 5.56 Å². The zero-order valence-corrected chi connectivity index (χ0v) is 13.0. The number of carboxylic acids is 1. The molecule has 2 N–H and O–H groups in total. The second-order valence-electron chi connectivity index (χ2n) is 5.29. The molecule has 0 aliphatic heterocycles. The van der Waals surface area contributed by atoms with Gasteiger partial charge in [-0.25, -0.2) is 0 Å². The molecule has 6 heteroatoms. The summed E-state index contributed by atoms with van der Waals surface area (Å²) in [5.41, 5.74) is 2.49. The van der Waals surface area contributed by atoms with Gasteiger partial charge in [0, 0.05) is 27.7 Å². The van der Waals surface area contributed by atoms with E-state index in [1.165, 1.54) is 0 Å². The molecule has 0 aliphatic carbocycles. The summed E-state index contributed by atoms with van der Waals surface area (Å²) in [5.74, 6) is -1.34. The van der Waals surface area contributed by atoms with Crippen LogP contribution in [-0.2, 0) is 11.2 Å². The van der Waals surface area contributed by atoms with E-state index >= 15 is 0 Å². The van der Waals surface area contributed by atoms with Crippen molar-refractivity contribution < 1.29 is 14.7 Å². The van der Waals surface area contributed by atoms with E-state index in [0.29, 0.717) is 21.5 Å². The summed E-state index contributed by atoms with van der Waals surface area (Å²) in [4.78, 5) is 31.0. The number of aromatic amines is 1. The fourth-order valence-electron chi connectivity index (χ4n) is 2.54. The summed E-state index contributed by atoms with van der Waals surface area (Å²) in [5, 5.41) is 10.3. The van der Waals surface area contributed by atoms with Crippen molar-refractivity contribution in [2.24, 2.45) is 0 Å². The van der Waals surface area contributed by atoms with Gasteiger partial charge in [0.25, 0.3) is 0 Å². The molecular weight excluding hydrogens is 316 g/mol. The lowest BCUT2D eigenvalue weighted by Crippen LogP contribution is -2.10. The lowest BCUT2D eigenvalue weighted by Gasteiger charge is -2.02. The summed E-state index contributed by atoms with van der Waals surface area (Å²) < 4.78 is 0. The first-order valence-electron chi connectivity index (χ1n) is 6.95. The Hall–Kier alpha value is -2.66. The van der Waals surface area contributed by atoms with Crippen LogP contribution in [0.4, 0.5) is 0 Å². The van der Waals surface area contributed by atoms with Gasteiger partial charge in [-0.3, -0.25) is 14.6 Å². The van der Waals surface area contributed by atoms with Crippen molar-refractivity contribution >= 4 is 34.3 Å². The minimum absolute atomic E-state index is 0.239. The Kier molecular flexibility index (Phi) is 3.88. The Morgan fingerprint density at radius 1 is 1.26 bits per heavy atom. The number of hydrogen-bond acceptors (Lipinski definition) is 3. The minimum Gasteiger partial charge on any atom is -0.481 e. The molecular formula is C17H13ClN2O3. The zero-order valence-electron chi connectivity index (χ0n) is 12.3. The first-order valence-corrected chi connectivity index (χ1v) is 7.33. The third-order valence-electron chi connectivity index (χ3n) is 3.57. The standard InChI is InChI=1S/C17H13ClN2O3/c1-9-4-5-19-14(6-9)17(23)16-12(8-15(21)22)11-3-2-10(18)7-13(11)20-16/h2-7,20H,8H2,1H3,(H,21,22). The van der Waals surface area contributed by atoms with Crippen LogP contribution in [0.2, 0.25) is 5.02 Å². The number of carboxylic acid groups (broad SMARTS) is 1. The SMILES string of the molecule is Cc1ccnc(C(=O)c2[nH]c3cc(Cl)ccc3c2CC(=O)O)c1. The van der Waals surface area contributed by atoms with Crippen LogP contribution in [0.3, 0.4) is 0 Å². The molecule has 23 heavy (non-hydrogen) atoms. The van der Waals surface area contributed by atoms with Crippen molar-refractivity contribution in [1.82, 2.24) is 9.97 Å². The summed E-state index contributed by atoms with van der Waals surface area (Å²) in [7, 11) is 0. The molecule has 0 fully saturated rings. The summed E-state index contributed by atoms with van der Waals surface area (Å²) in [6.07, 6.45) is 1.30. The van der Waals surface area contributed by atoms with Gasteiger partial charge in [0.1, 0.15) is 5.69 Å². The molecule has 0 unspecified atom stereocenters. The van der Waals surface area contributed by atoms with Crippen LogP contribution in [0.25, 0.3) is 10.9 Å². The molecule has 0 radical (unpaired) electrons. The number of hydrogen-bond donors (Lipinski definition) is 2. The van der Waals surface area contributed by atoms with Gasteiger partial charge >= 0.3 is 5.97 Å². The Morgan fingerprint density at radius 2 is 2.04 bits per heavy atom. The van der Waals surface area contributed by atoms with E-state index in [9.17, 15) is 9.59 Å². The molecule has 0 bridgehead atoms. The molecule has 2 aromatic heterocycles. The Morgan fingerprint density at radius 3 is 2.74 bits per heavy atom. The number of carbonyl (C=O) groups is 2. The smallest absolute Gasteiger partial charge is 0.307 e. The van der Waals surface area contributed by atoms with E-state index in [2.05, 4.69) is 9.97 Å². The number of carbonyl (C=O) groups excluding carboxylic acids is 1. The first-order chi connectivity index (χ1) is 11.0. The molecule has 0 saturated heterocycles. The number of benzene rings is 1. The summed E-state index contributed by atoms with van der Waals surface area (Å²) >= 11 is 5.97. The quantitative estimate of drug-likeness (QED) is 0.719. The maximum absolute atomic E-state index is 12.7. The monoisotopic (exact) mass is 328 g/mol. The van der Waals surface area contributed by atoms with Gasteiger partial charge in [-0.15, -0.1) is 0 Å². The van der Waals surface area contributed by atoms with Crippen molar-refractivity contribution in [1.29, 1.82) is 0 Å². The third kappa shape index (κ3) is 2.96. The number of aliphatic carboxylic acids is 1. The van der Waals surface area contributed by atoms with E-state index < -0.39 is 5.97 Å². The van der Waals surface area contributed by atoms with Gasteiger partial charge in [-0.05, 0) is 36.8 Å². The molecule has 0 spiro atoms. The Balaban J connectivity index is 2.19. The first kappa shape index (κ1) is 15.2. The predicted octanol–water partition coefficient (Wildman–Crippen LogP) is 3.38. The highest BCUT2D eigenvalue weighted by atomic mass is 35.5. The number of ketones is 1. The van der Waals surface area contributed by atoms with Gasteiger partial charge < -0.3 is 10.1 Å². The van der Waals surface area contributed by atoms with E-state index in [-0.39, 0.29) is 23.6 Å². The number of nitrogens with one attached hydrogen (secondary N) is 1. The average Bonchev–Trinajstić information content (AvgIpc) is 2.83. The molecule has 0 saturated carbocycles. The molecule has 5 nitrogen and oxygen atoms in total. The topological polar surface area (TPSA) is 83.0 Å². The maximum atomic E-state index is 12.7. The lowest BCUT2D eigenvalue weighted by molar-refractivity contribution is -0.136. The molecule has 0 amide bonds. The highest BCUT2D eigenvalue weighted by molar-refractivity contribution is 6.31. The van der Waals surface area contributed by atoms with Gasteiger partial charge in [0.05, 0.1) is 12.1 Å². The Labute approximate surface area is 136 Å². The number of halogens is 1. The van der Waals surface area contributed by atoms with E-state index in [1.807, 2.05) is 6.92 Å². The van der Waals surface area contributed by atoms with Crippen LogP contribution in [-0.4, -0.2) is 26.8 Å². The number of H-pyrrole nitrogens is 1. The van der Waals surface area contributed by atoms with E-state index in [1.54, 1.807) is 36.5 Å². The number of aryl methyl sites for hydroxylation is 1. The molecule has 2 heterocycles. The predicted molar refractivity (Wildman–Crippen MR) is 87.1 cm³/mol. The lowest BCUT2D eigenvalue weighted by atomic mass is 10.0. The summed E-state index contributed by atoms with van der Waals surface area (Å²) in [6.45, 7) is 1.86. The highest BCUT2D eigenvalue weighted by Crippen LogP contribution is 2.27. The van der Waals surface area contributed by atoms with Gasteiger partial charge in [0.15, 0.2) is 0 Å².